The van der Waals surface area contributed by atoms with Crippen molar-refractivity contribution in [3.8, 4) is 5.88 Å². The molecule has 0 radical (unpaired) electrons. The molecule has 0 aliphatic rings. The molecule has 0 spiro atoms. The molecule has 1 heterocycles. The van der Waals surface area contributed by atoms with Crippen LogP contribution < -0.4 is 4.52 Å². The predicted molar refractivity (Wildman–Crippen MR) is 70.3 cm³/mol. The van der Waals surface area contributed by atoms with Gasteiger partial charge in [0.1, 0.15) is 10.2 Å². The fourth-order valence-corrected chi connectivity index (χ4v) is 3.07. The van der Waals surface area contributed by atoms with E-state index in [0.29, 0.717) is 17.9 Å². The Hall–Kier alpha value is 0.200. The summed E-state index contributed by atoms with van der Waals surface area (Å²) in [5.74, 6) is 0.243. The summed E-state index contributed by atoms with van der Waals surface area (Å²) in [4.78, 5) is 0. The maximum Gasteiger partial charge on any atom is 0.258 e. The Bertz CT molecular complexity index is 424. The summed E-state index contributed by atoms with van der Waals surface area (Å²) in [6, 6.07) is 0. The molecule has 92 valence electrons. The van der Waals surface area contributed by atoms with Crippen LogP contribution in [-0.2, 0) is 23.4 Å². The molecule has 0 aliphatic heterocycles. The summed E-state index contributed by atoms with van der Waals surface area (Å²) in [5.41, 5.74) is 0. The van der Waals surface area contributed by atoms with Crippen molar-refractivity contribution in [2.45, 2.75) is 13.8 Å². The zero-order chi connectivity index (χ0) is 12.3. The van der Waals surface area contributed by atoms with Gasteiger partial charge in [-0.15, -0.1) is 5.10 Å². The Morgan fingerprint density at radius 2 is 2.06 bits per heavy atom. The summed E-state index contributed by atoms with van der Waals surface area (Å²) in [6.45, 7) is 1.94. The predicted octanol–water partition coefficient (Wildman–Crippen LogP) is 3.47. The lowest BCUT2D eigenvalue weighted by atomic mass is 10.7. The molecule has 1 unspecified atom stereocenters. The van der Waals surface area contributed by atoms with Gasteiger partial charge in [0.05, 0.1) is 6.61 Å². The molecule has 0 saturated carbocycles. The van der Waals surface area contributed by atoms with E-state index in [9.17, 15) is 0 Å². The van der Waals surface area contributed by atoms with Crippen molar-refractivity contribution < 1.29 is 9.05 Å². The van der Waals surface area contributed by atoms with Crippen LogP contribution in [0.2, 0.25) is 10.2 Å². The van der Waals surface area contributed by atoms with Gasteiger partial charge in [0.2, 0.25) is 6.49 Å². The molecule has 4 nitrogen and oxygen atoms in total. The Morgan fingerprint density at radius 1 is 1.44 bits per heavy atom. The number of hydrogen-bond acceptors (Lipinski definition) is 4. The Morgan fingerprint density at radius 3 is 2.44 bits per heavy atom. The lowest BCUT2D eigenvalue weighted by Gasteiger charge is -2.19. The fourth-order valence-electron chi connectivity index (χ4n) is 1.02. The van der Waals surface area contributed by atoms with Crippen LogP contribution in [0.3, 0.4) is 0 Å². The van der Waals surface area contributed by atoms with Gasteiger partial charge in [-0.25, -0.2) is 0 Å². The van der Waals surface area contributed by atoms with Crippen LogP contribution in [0.1, 0.15) is 13.8 Å². The highest BCUT2D eigenvalue weighted by Gasteiger charge is 2.23. The third kappa shape index (κ3) is 3.11. The van der Waals surface area contributed by atoms with Gasteiger partial charge >= 0.3 is 0 Å². The van der Waals surface area contributed by atoms with Crippen LogP contribution in [0.5, 0.6) is 5.88 Å². The molecule has 0 aliphatic carbocycles. The second-order valence-corrected chi connectivity index (χ2v) is 7.67. The van der Waals surface area contributed by atoms with Crippen molar-refractivity contribution in [2.75, 3.05) is 12.8 Å². The average Bonchev–Trinajstić information content (AvgIpc) is 2.47. The van der Waals surface area contributed by atoms with E-state index in [0.717, 1.165) is 0 Å². The molecule has 0 amide bonds. The third-order valence-electron chi connectivity index (χ3n) is 1.83. The van der Waals surface area contributed by atoms with Gasteiger partial charge in [0.15, 0.2) is 0 Å². The number of hydrogen-bond donors (Lipinski definition) is 0. The summed E-state index contributed by atoms with van der Waals surface area (Å²) >= 11 is 17.1. The lowest BCUT2D eigenvalue weighted by Crippen LogP contribution is -2.01. The number of rotatable bonds is 5. The molecule has 0 bridgehead atoms. The van der Waals surface area contributed by atoms with E-state index < -0.39 is 6.49 Å². The molecular formula is C8H13Cl2N2O2PS. The van der Waals surface area contributed by atoms with Crippen molar-refractivity contribution in [1.82, 2.24) is 9.78 Å². The first-order valence-corrected chi connectivity index (χ1v) is 8.32. The summed E-state index contributed by atoms with van der Waals surface area (Å²) in [7, 11) is 1.68. The van der Waals surface area contributed by atoms with E-state index in [1.807, 2.05) is 13.8 Å². The van der Waals surface area contributed by atoms with Gasteiger partial charge < -0.3 is 9.05 Å². The van der Waals surface area contributed by atoms with Crippen LogP contribution in [0.15, 0.2) is 0 Å². The quantitative estimate of drug-likeness (QED) is 0.780. The number of nitrogens with zero attached hydrogens (tertiary/aromatic N) is 2. The molecule has 0 aromatic carbocycles. The van der Waals surface area contributed by atoms with E-state index in [1.54, 1.807) is 7.05 Å². The summed E-state index contributed by atoms with van der Waals surface area (Å²) in [5, 5.41) is 4.63. The molecule has 0 saturated heterocycles. The highest BCUT2D eigenvalue weighted by Crippen LogP contribution is 2.50. The van der Waals surface area contributed by atoms with Crippen molar-refractivity contribution >= 4 is 41.5 Å². The van der Waals surface area contributed by atoms with E-state index in [4.69, 9.17) is 44.1 Å². The monoisotopic (exact) mass is 302 g/mol. The Kier molecular flexibility index (Phi) is 5.08. The summed E-state index contributed by atoms with van der Waals surface area (Å²) in [6.07, 6.45) is 0.612. The second kappa shape index (κ2) is 5.69. The molecule has 1 aromatic rings. The second-order valence-electron chi connectivity index (χ2n) is 2.97. The third-order valence-corrected chi connectivity index (χ3v) is 5.90. The first-order valence-electron chi connectivity index (χ1n) is 4.74. The first kappa shape index (κ1) is 14.3. The molecule has 1 atom stereocenters. The largest absolute Gasteiger partial charge is 0.422 e. The molecular weight excluding hydrogens is 290 g/mol. The molecule has 1 aromatic heterocycles. The average molecular weight is 303 g/mol. The number of aromatic nitrogens is 2. The van der Waals surface area contributed by atoms with E-state index >= 15 is 0 Å². The van der Waals surface area contributed by atoms with E-state index in [2.05, 4.69) is 5.10 Å². The van der Waals surface area contributed by atoms with E-state index in [1.165, 1.54) is 4.68 Å². The van der Waals surface area contributed by atoms with Crippen molar-refractivity contribution in [2.24, 2.45) is 7.05 Å². The maximum atomic E-state index is 5.95. The minimum atomic E-state index is -2.34. The SMILES string of the molecule is CCOP(=S)(CC)Oc1nn(C)c(Cl)c1Cl. The lowest BCUT2D eigenvalue weighted by molar-refractivity contribution is 0.328. The van der Waals surface area contributed by atoms with Gasteiger partial charge in [-0.05, 0) is 18.7 Å². The number of halogens is 2. The molecule has 1 rings (SSSR count). The van der Waals surface area contributed by atoms with Gasteiger partial charge in [-0.2, -0.15) is 0 Å². The maximum absolute atomic E-state index is 5.95. The van der Waals surface area contributed by atoms with E-state index in [-0.39, 0.29) is 10.9 Å². The highest BCUT2D eigenvalue weighted by atomic mass is 35.5. The van der Waals surface area contributed by atoms with Gasteiger partial charge in [-0.1, -0.05) is 30.1 Å². The van der Waals surface area contributed by atoms with Crippen LogP contribution in [-0.4, -0.2) is 22.5 Å². The minimum absolute atomic E-state index is 0.243. The Labute approximate surface area is 110 Å². The summed E-state index contributed by atoms with van der Waals surface area (Å²) < 4.78 is 12.4. The van der Waals surface area contributed by atoms with Crippen LogP contribution in [0.4, 0.5) is 0 Å². The zero-order valence-corrected chi connectivity index (χ0v) is 12.5. The standard InChI is InChI=1S/C8H13Cl2N2O2PS/c1-4-13-15(16,5-2)14-8-6(9)7(10)12(3)11-8/h4-5H2,1-3H3. The van der Waals surface area contributed by atoms with Crippen molar-refractivity contribution in [3.63, 3.8) is 0 Å². The molecule has 8 heteroatoms. The highest BCUT2D eigenvalue weighted by molar-refractivity contribution is 8.10. The van der Waals surface area contributed by atoms with Gasteiger partial charge in [0, 0.05) is 13.2 Å². The van der Waals surface area contributed by atoms with Crippen LogP contribution in [0.25, 0.3) is 0 Å². The van der Waals surface area contributed by atoms with Crippen molar-refractivity contribution in [1.29, 1.82) is 0 Å². The van der Waals surface area contributed by atoms with Gasteiger partial charge in [0.25, 0.3) is 5.88 Å². The molecule has 0 fully saturated rings. The fraction of sp³-hybridized carbons (Fsp3) is 0.625. The Balaban J connectivity index is 2.95. The normalized spacial score (nSPS) is 14.8. The van der Waals surface area contributed by atoms with Crippen LogP contribution >= 0.6 is 29.7 Å². The molecule has 16 heavy (non-hydrogen) atoms. The van der Waals surface area contributed by atoms with Gasteiger partial charge in [-0.3, -0.25) is 4.68 Å². The van der Waals surface area contributed by atoms with Crippen LogP contribution in [0, 0.1) is 0 Å². The first-order chi connectivity index (χ1) is 7.43. The molecule has 0 N–H and O–H groups in total. The zero-order valence-electron chi connectivity index (χ0n) is 9.24. The topological polar surface area (TPSA) is 36.3 Å². The number of aryl methyl sites for hydroxylation is 1. The smallest absolute Gasteiger partial charge is 0.258 e. The minimum Gasteiger partial charge on any atom is -0.422 e. The van der Waals surface area contributed by atoms with Crippen molar-refractivity contribution in [3.05, 3.63) is 10.2 Å².